The van der Waals surface area contributed by atoms with Gasteiger partial charge >= 0.3 is 0 Å². The Morgan fingerprint density at radius 1 is 1.31 bits per heavy atom. The van der Waals surface area contributed by atoms with Crippen LogP contribution in [0.3, 0.4) is 0 Å². The van der Waals surface area contributed by atoms with Crippen molar-refractivity contribution < 1.29 is 10.2 Å². The highest BCUT2D eigenvalue weighted by atomic mass is 32.2. The van der Waals surface area contributed by atoms with Crippen molar-refractivity contribution in [1.29, 1.82) is 0 Å². The first-order chi connectivity index (χ1) is 6.15. The number of aliphatic hydroxyl groups excluding tert-OH is 2. The first-order valence-corrected chi connectivity index (χ1v) is 6.01. The van der Waals surface area contributed by atoms with E-state index in [0.29, 0.717) is 17.8 Å². The average Bonchev–Trinajstić information content (AvgIpc) is 2.78. The van der Waals surface area contributed by atoms with E-state index in [1.807, 2.05) is 11.8 Å². The first-order valence-electron chi connectivity index (χ1n) is 4.79. The summed E-state index contributed by atoms with van der Waals surface area (Å²) < 4.78 is 0.448. The van der Waals surface area contributed by atoms with Crippen molar-refractivity contribution in [3.8, 4) is 0 Å². The molecular formula is C9H17NO2S. The van der Waals surface area contributed by atoms with Crippen molar-refractivity contribution in [3.63, 3.8) is 0 Å². The molecule has 2 N–H and O–H groups in total. The molecule has 0 aromatic carbocycles. The smallest absolute Gasteiger partial charge is 0.0938 e. The lowest BCUT2D eigenvalue weighted by Crippen LogP contribution is -2.31. The van der Waals surface area contributed by atoms with Crippen LogP contribution in [0.2, 0.25) is 0 Å². The molecule has 0 aromatic heterocycles. The summed E-state index contributed by atoms with van der Waals surface area (Å²) in [4.78, 5) is 2.18. The maximum atomic E-state index is 9.36. The van der Waals surface area contributed by atoms with E-state index in [9.17, 15) is 10.2 Å². The number of thioether (sulfide) groups is 1. The van der Waals surface area contributed by atoms with Crippen LogP contribution in [0.15, 0.2) is 0 Å². The predicted octanol–water partition coefficient (Wildman–Crippen LogP) is -0.0806. The molecule has 1 aliphatic heterocycles. The molecule has 3 nitrogen and oxygen atoms in total. The summed E-state index contributed by atoms with van der Waals surface area (Å²) in [7, 11) is 0. The summed E-state index contributed by atoms with van der Waals surface area (Å²) in [5.41, 5.74) is 0. The molecule has 2 fully saturated rings. The third-order valence-corrected chi connectivity index (χ3v) is 4.49. The summed E-state index contributed by atoms with van der Waals surface area (Å²) in [5, 5.41) is 18.7. The molecule has 0 radical (unpaired) electrons. The number of rotatable bonds is 3. The molecule has 0 spiro atoms. The third-order valence-electron chi connectivity index (χ3n) is 3.09. The normalized spacial score (nSPS) is 38.1. The highest BCUT2D eigenvalue weighted by Crippen LogP contribution is 2.47. The molecule has 2 atom stereocenters. The van der Waals surface area contributed by atoms with Crippen molar-refractivity contribution in [2.75, 3.05) is 25.9 Å². The topological polar surface area (TPSA) is 43.7 Å². The highest BCUT2D eigenvalue weighted by molar-refractivity contribution is 8.00. The van der Waals surface area contributed by atoms with Gasteiger partial charge in [-0.15, -0.1) is 0 Å². The van der Waals surface area contributed by atoms with E-state index in [1.165, 1.54) is 12.8 Å². The summed E-state index contributed by atoms with van der Waals surface area (Å²) >= 11 is 1.92. The second-order valence-corrected chi connectivity index (χ2v) is 5.49. The standard InChI is InChI=1S/C9H17NO2S/c1-13-9(2-3-9)6-10-4-7(11)8(12)5-10/h7-8,11-12H,2-6H2,1H3/t7-,8+. The van der Waals surface area contributed by atoms with E-state index >= 15 is 0 Å². The summed E-state index contributed by atoms with van der Waals surface area (Å²) in [5.74, 6) is 0. The van der Waals surface area contributed by atoms with Gasteiger partial charge in [-0.1, -0.05) is 0 Å². The number of aliphatic hydroxyl groups is 2. The predicted molar refractivity (Wildman–Crippen MR) is 53.9 cm³/mol. The van der Waals surface area contributed by atoms with Gasteiger partial charge in [0, 0.05) is 24.4 Å². The molecule has 0 amide bonds. The minimum absolute atomic E-state index is 0.448. The Morgan fingerprint density at radius 3 is 2.23 bits per heavy atom. The summed E-state index contributed by atoms with van der Waals surface area (Å²) in [6, 6.07) is 0. The Labute approximate surface area is 83.1 Å². The van der Waals surface area contributed by atoms with E-state index in [4.69, 9.17) is 0 Å². The van der Waals surface area contributed by atoms with Crippen molar-refractivity contribution in [1.82, 2.24) is 4.90 Å². The van der Waals surface area contributed by atoms with Crippen LogP contribution in [0, 0.1) is 0 Å². The maximum Gasteiger partial charge on any atom is 0.0938 e. The van der Waals surface area contributed by atoms with Gasteiger partial charge in [0.1, 0.15) is 0 Å². The van der Waals surface area contributed by atoms with E-state index in [-0.39, 0.29) is 0 Å². The van der Waals surface area contributed by atoms with Crippen molar-refractivity contribution in [2.45, 2.75) is 29.8 Å². The number of β-amino-alcohol motifs (C(OH)–C–C–N with tert-alkyl or cyclic N) is 2. The minimum Gasteiger partial charge on any atom is -0.389 e. The van der Waals surface area contributed by atoms with Crippen molar-refractivity contribution >= 4 is 11.8 Å². The summed E-state index contributed by atoms with van der Waals surface area (Å²) in [6.07, 6.45) is 3.67. The van der Waals surface area contributed by atoms with Gasteiger partial charge in [0.2, 0.25) is 0 Å². The van der Waals surface area contributed by atoms with Crippen molar-refractivity contribution in [3.05, 3.63) is 0 Å². The minimum atomic E-state index is -0.530. The van der Waals surface area contributed by atoms with Crippen LogP contribution < -0.4 is 0 Å². The fraction of sp³-hybridized carbons (Fsp3) is 1.00. The van der Waals surface area contributed by atoms with Gasteiger partial charge in [-0.3, -0.25) is 4.90 Å². The van der Waals surface area contributed by atoms with E-state index in [1.54, 1.807) is 0 Å². The van der Waals surface area contributed by atoms with Crippen LogP contribution in [0.25, 0.3) is 0 Å². The lowest BCUT2D eigenvalue weighted by Gasteiger charge is -2.20. The van der Waals surface area contributed by atoms with Gasteiger partial charge in [0.25, 0.3) is 0 Å². The molecule has 2 rings (SSSR count). The Bertz CT molecular complexity index is 186. The van der Waals surface area contributed by atoms with Crippen LogP contribution in [0.5, 0.6) is 0 Å². The maximum absolute atomic E-state index is 9.36. The van der Waals surface area contributed by atoms with Crippen molar-refractivity contribution in [2.24, 2.45) is 0 Å². The number of nitrogens with zero attached hydrogens (tertiary/aromatic N) is 1. The fourth-order valence-corrected chi connectivity index (χ4v) is 2.77. The zero-order chi connectivity index (χ0) is 9.47. The molecule has 1 saturated carbocycles. The second-order valence-electron chi connectivity index (χ2n) is 4.22. The molecule has 1 aliphatic carbocycles. The van der Waals surface area contributed by atoms with E-state index in [2.05, 4.69) is 11.2 Å². The highest BCUT2D eigenvalue weighted by Gasteiger charge is 2.45. The molecule has 4 heteroatoms. The zero-order valence-corrected chi connectivity index (χ0v) is 8.76. The van der Waals surface area contributed by atoms with Crippen LogP contribution >= 0.6 is 11.8 Å². The molecular weight excluding hydrogens is 186 g/mol. The monoisotopic (exact) mass is 203 g/mol. The van der Waals surface area contributed by atoms with Gasteiger partial charge in [0.05, 0.1) is 12.2 Å². The lowest BCUT2D eigenvalue weighted by atomic mass is 10.3. The second kappa shape index (κ2) is 3.42. The van der Waals surface area contributed by atoms with Gasteiger partial charge in [-0.25, -0.2) is 0 Å². The van der Waals surface area contributed by atoms with Crippen LogP contribution in [0.4, 0.5) is 0 Å². The first kappa shape index (κ1) is 9.77. The fourth-order valence-electron chi connectivity index (χ4n) is 1.95. The van der Waals surface area contributed by atoms with Gasteiger partial charge < -0.3 is 10.2 Å². The van der Waals surface area contributed by atoms with Crippen LogP contribution in [-0.2, 0) is 0 Å². The molecule has 0 bridgehead atoms. The number of hydrogen-bond acceptors (Lipinski definition) is 4. The Balaban J connectivity index is 1.83. The van der Waals surface area contributed by atoms with Gasteiger partial charge in [-0.2, -0.15) is 11.8 Å². The van der Waals surface area contributed by atoms with Gasteiger partial charge in [0.15, 0.2) is 0 Å². The average molecular weight is 203 g/mol. The number of hydrogen-bond donors (Lipinski definition) is 2. The molecule has 0 aromatic rings. The van der Waals surface area contributed by atoms with Crippen LogP contribution in [-0.4, -0.2) is 58.0 Å². The van der Waals surface area contributed by atoms with Gasteiger partial charge in [-0.05, 0) is 19.1 Å². The molecule has 13 heavy (non-hydrogen) atoms. The van der Waals surface area contributed by atoms with E-state index in [0.717, 1.165) is 6.54 Å². The Kier molecular flexibility index (Phi) is 2.57. The SMILES string of the molecule is CSC1(CN2C[C@@H](O)[C@@H](O)C2)CC1. The largest absolute Gasteiger partial charge is 0.389 e. The number of likely N-dealkylation sites (tertiary alicyclic amines) is 1. The Morgan fingerprint density at radius 2 is 1.85 bits per heavy atom. The zero-order valence-electron chi connectivity index (χ0n) is 7.94. The molecule has 2 aliphatic rings. The Hall–Kier alpha value is 0.230. The van der Waals surface area contributed by atoms with Crippen LogP contribution in [0.1, 0.15) is 12.8 Å². The quantitative estimate of drug-likeness (QED) is 0.673. The molecule has 76 valence electrons. The third kappa shape index (κ3) is 2.01. The molecule has 1 heterocycles. The van der Waals surface area contributed by atoms with E-state index < -0.39 is 12.2 Å². The summed E-state index contributed by atoms with van der Waals surface area (Å²) in [6.45, 7) is 2.31. The molecule has 1 saturated heterocycles. The molecule has 0 unspecified atom stereocenters. The lowest BCUT2D eigenvalue weighted by molar-refractivity contribution is 0.0572.